The highest BCUT2D eigenvalue weighted by atomic mass is 32.1. The Morgan fingerprint density at radius 1 is 1.26 bits per heavy atom. The van der Waals surface area contributed by atoms with Gasteiger partial charge in [0.15, 0.2) is 5.13 Å². The lowest BCUT2D eigenvalue weighted by Crippen LogP contribution is -2.39. The van der Waals surface area contributed by atoms with E-state index in [1.54, 1.807) is 0 Å². The van der Waals surface area contributed by atoms with Gasteiger partial charge in [-0.2, -0.15) is 0 Å². The lowest BCUT2D eigenvalue weighted by Gasteiger charge is -2.27. The van der Waals surface area contributed by atoms with Gasteiger partial charge in [0.2, 0.25) is 23.4 Å². The second kappa shape index (κ2) is 9.56. The maximum Gasteiger partial charge on any atom is 0.255 e. The third-order valence-electron chi connectivity index (χ3n) is 5.62. The summed E-state index contributed by atoms with van der Waals surface area (Å²) >= 11 is 0.887. The van der Waals surface area contributed by atoms with Gasteiger partial charge in [0.25, 0.3) is 5.88 Å². The van der Waals surface area contributed by atoms with Crippen molar-refractivity contribution in [3.63, 3.8) is 0 Å². The number of hydrogen-bond donors (Lipinski definition) is 2. The maximum atomic E-state index is 13.4. The molecule has 1 atom stereocenters. The van der Waals surface area contributed by atoms with Gasteiger partial charge < -0.3 is 25.6 Å². The van der Waals surface area contributed by atoms with Gasteiger partial charge in [-0.1, -0.05) is 11.3 Å². The van der Waals surface area contributed by atoms with Crippen molar-refractivity contribution in [2.75, 3.05) is 10.6 Å². The molecule has 0 bridgehead atoms. The van der Waals surface area contributed by atoms with E-state index in [0.29, 0.717) is 5.69 Å². The highest BCUT2D eigenvalue weighted by Gasteiger charge is 2.36. The first-order valence-corrected chi connectivity index (χ1v) is 11.5. The number of thiazole rings is 1. The van der Waals surface area contributed by atoms with Crippen molar-refractivity contribution in [2.45, 2.75) is 50.7 Å². The number of ether oxygens (including phenoxy) is 1. The molecule has 1 aliphatic carbocycles. The van der Waals surface area contributed by atoms with Crippen LogP contribution in [-0.4, -0.2) is 39.9 Å². The van der Waals surface area contributed by atoms with Crippen LogP contribution in [0.15, 0.2) is 34.9 Å². The maximum absolute atomic E-state index is 13.4. The molecular weight excluding hydrogens is 487 g/mol. The standard InChI is InChI=1S/C22H22F3N5O4S/c1-11(20(27)32)30(13-4-2-12(23)3-5-13)21-28-19(26)18(35-21)17(31)15-10-16(29-34-15)33-14-6-8-22(24,25)9-7-14/h2-5,10-11,14H,6-9,26H2,1H3,(H2,27,32)/t11-/m1/s1. The van der Waals surface area contributed by atoms with Gasteiger partial charge in [-0.05, 0) is 49.2 Å². The Morgan fingerprint density at radius 2 is 1.91 bits per heavy atom. The average Bonchev–Trinajstić information content (AvgIpc) is 3.43. The molecule has 3 aromatic rings. The van der Waals surface area contributed by atoms with E-state index in [0.717, 1.165) is 11.3 Å². The van der Waals surface area contributed by atoms with Crippen molar-refractivity contribution in [1.82, 2.24) is 10.1 Å². The smallest absolute Gasteiger partial charge is 0.255 e. The average molecular weight is 510 g/mol. The predicted octanol–water partition coefficient (Wildman–Crippen LogP) is 4.05. The Bertz CT molecular complexity index is 1220. The van der Waals surface area contributed by atoms with Gasteiger partial charge in [-0.25, -0.2) is 18.2 Å². The van der Waals surface area contributed by atoms with Crippen molar-refractivity contribution < 1.29 is 32.0 Å². The zero-order chi connectivity index (χ0) is 25.3. The van der Waals surface area contributed by atoms with Crippen LogP contribution in [0.5, 0.6) is 5.88 Å². The Morgan fingerprint density at radius 3 is 2.54 bits per heavy atom. The number of ketones is 1. The van der Waals surface area contributed by atoms with Gasteiger partial charge in [0.1, 0.15) is 28.7 Å². The number of primary amides is 1. The van der Waals surface area contributed by atoms with Gasteiger partial charge in [0, 0.05) is 18.5 Å². The highest BCUT2D eigenvalue weighted by Crippen LogP contribution is 2.37. The molecule has 13 heteroatoms. The molecule has 9 nitrogen and oxygen atoms in total. The fourth-order valence-electron chi connectivity index (χ4n) is 3.65. The molecule has 0 spiro atoms. The number of nitrogen functional groups attached to an aromatic ring is 1. The summed E-state index contributed by atoms with van der Waals surface area (Å²) in [6.07, 6.45) is -0.704. The second-order valence-electron chi connectivity index (χ2n) is 8.17. The summed E-state index contributed by atoms with van der Waals surface area (Å²) in [5.41, 5.74) is 11.9. The third-order valence-corrected chi connectivity index (χ3v) is 6.69. The Hall–Kier alpha value is -3.61. The largest absolute Gasteiger partial charge is 0.472 e. The number of halogens is 3. The lowest BCUT2D eigenvalue weighted by atomic mass is 9.94. The Kier molecular flexibility index (Phi) is 6.70. The number of alkyl halides is 2. The number of carbonyl (C=O) groups is 2. The molecule has 0 unspecified atom stereocenters. The molecule has 2 aromatic heterocycles. The zero-order valence-corrected chi connectivity index (χ0v) is 19.4. The minimum Gasteiger partial charge on any atom is -0.472 e. The van der Waals surface area contributed by atoms with Crippen molar-refractivity contribution in [1.29, 1.82) is 0 Å². The molecule has 186 valence electrons. The van der Waals surface area contributed by atoms with E-state index < -0.39 is 35.6 Å². The minimum atomic E-state index is -2.69. The molecular formula is C22H22F3N5O4S. The van der Waals surface area contributed by atoms with Crippen LogP contribution in [0.2, 0.25) is 0 Å². The first-order valence-electron chi connectivity index (χ1n) is 10.7. The summed E-state index contributed by atoms with van der Waals surface area (Å²) in [6.45, 7) is 1.53. The van der Waals surface area contributed by atoms with Crippen molar-refractivity contribution in [3.8, 4) is 5.88 Å². The molecule has 2 heterocycles. The fraction of sp³-hybridized carbons (Fsp3) is 0.364. The number of amides is 1. The number of nitrogens with zero attached hydrogens (tertiary/aromatic N) is 3. The minimum absolute atomic E-state index is 0.00201. The van der Waals surface area contributed by atoms with E-state index in [2.05, 4.69) is 10.1 Å². The molecule has 0 radical (unpaired) electrons. The highest BCUT2D eigenvalue weighted by molar-refractivity contribution is 7.18. The second-order valence-corrected chi connectivity index (χ2v) is 9.14. The van der Waals surface area contributed by atoms with Crippen LogP contribution in [0, 0.1) is 5.82 Å². The molecule has 1 aliphatic rings. The summed E-state index contributed by atoms with van der Waals surface area (Å²) in [5.74, 6) is -4.77. The van der Waals surface area contributed by atoms with E-state index in [4.69, 9.17) is 20.7 Å². The zero-order valence-electron chi connectivity index (χ0n) is 18.5. The van der Waals surface area contributed by atoms with Crippen LogP contribution in [0.4, 0.5) is 29.8 Å². The van der Waals surface area contributed by atoms with Gasteiger partial charge >= 0.3 is 0 Å². The van der Waals surface area contributed by atoms with Gasteiger partial charge in [0.05, 0.1) is 6.07 Å². The topological polar surface area (TPSA) is 138 Å². The first kappa shape index (κ1) is 24.5. The quantitative estimate of drug-likeness (QED) is 0.434. The molecule has 1 aromatic carbocycles. The van der Waals surface area contributed by atoms with Crippen LogP contribution >= 0.6 is 11.3 Å². The molecule has 4 N–H and O–H groups in total. The number of nitrogens with two attached hydrogens (primary N) is 2. The van der Waals surface area contributed by atoms with Crippen LogP contribution in [0.1, 0.15) is 48.0 Å². The molecule has 1 amide bonds. The number of aromatic nitrogens is 2. The van der Waals surface area contributed by atoms with Crippen molar-refractivity contribution in [2.24, 2.45) is 5.73 Å². The Balaban J connectivity index is 1.55. The third kappa shape index (κ3) is 5.39. The number of hydrogen-bond acceptors (Lipinski definition) is 9. The summed E-state index contributed by atoms with van der Waals surface area (Å²) in [5, 5.41) is 3.89. The predicted molar refractivity (Wildman–Crippen MR) is 121 cm³/mol. The van der Waals surface area contributed by atoms with Gasteiger partial charge in [-0.15, -0.1) is 0 Å². The number of benzene rings is 1. The molecule has 0 saturated heterocycles. The van der Waals surface area contributed by atoms with E-state index in [9.17, 15) is 22.8 Å². The molecule has 1 fully saturated rings. The summed E-state index contributed by atoms with van der Waals surface area (Å²) in [4.78, 5) is 30.6. The Labute approximate surface area is 201 Å². The van der Waals surface area contributed by atoms with Crippen LogP contribution < -0.4 is 21.1 Å². The lowest BCUT2D eigenvalue weighted by molar-refractivity contribution is -0.118. The van der Waals surface area contributed by atoms with Gasteiger partial charge in [-0.3, -0.25) is 9.59 Å². The fourth-order valence-corrected chi connectivity index (χ4v) is 4.68. The molecule has 1 saturated carbocycles. The number of carbonyl (C=O) groups excluding carboxylic acids is 2. The monoisotopic (exact) mass is 509 g/mol. The van der Waals surface area contributed by atoms with Crippen molar-refractivity contribution in [3.05, 3.63) is 46.8 Å². The van der Waals surface area contributed by atoms with E-state index in [1.165, 1.54) is 42.2 Å². The summed E-state index contributed by atoms with van der Waals surface area (Å²) < 4.78 is 50.8. The van der Waals surface area contributed by atoms with E-state index >= 15 is 0 Å². The van der Waals surface area contributed by atoms with Crippen molar-refractivity contribution >= 4 is 39.7 Å². The SMILES string of the molecule is C[C@H](C(N)=O)N(c1ccc(F)cc1)c1nc(N)c(C(=O)c2cc(OC3CCC(F)(F)CC3)no2)s1. The van der Waals surface area contributed by atoms with Crippen LogP contribution in [0.3, 0.4) is 0 Å². The summed E-state index contributed by atoms with van der Waals surface area (Å²) in [7, 11) is 0. The van der Waals surface area contributed by atoms with E-state index in [1.807, 2.05) is 0 Å². The summed E-state index contributed by atoms with van der Waals surface area (Å²) in [6, 6.07) is 5.68. The molecule has 35 heavy (non-hydrogen) atoms. The first-order chi connectivity index (χ1) is 16.5. The normalized spacial score (nSPS) is 16.6. The molecule has 0 aliphatic heterocycles. The molecule has 4 rings (SSSR count). The number of rotatable bonds is 8. The number of anilines is 3. The van der Waals surface area contributed by atoms with Crippen LogP contribution in [0.25, 0.3) is 0 Å². The van der Waals surface area contributed by atoms with Crippen LogP contribution in [-0.2, 0) is 4.79 Å². The van der Waals surface area contributed by atoms with E-state index in [-0.39, 0.29) is 53.2 Å².